The Kier molecular flexibility index (Phi) is 6.43. The number of carbonyl (C=O) groups is 1. The van der Waals surface area contributed by atoms with E-state index in [4.69, 9.17) is 9.47 Å². The average molecular weight is 325 g/mol. The Labute approximate surface area is 143 Å². The number of rotatable bonds is 8. The summed E-state index contributed by atoms with van der Waals surface area (Å²) in [5.41, 5.74) is 1.66. The standard InChI is InChI=1S/C20H23NO3/c1-4-14-24-18-12-8-16(9-13-18)20(22)21-19(5-2)15-6-10-17(23-3)11-7-15/h4,6-13,19H,1,5,14H2,2-3H3,(H,21,22)/t19-/m0/s1. The van der Waals surface area contributed by atoms with Crippen molar-refractivity contribution in [2.45, 2.75) is 19.4 Å². The van der Waals surface area contributed by atoms with Gasteiger partial charge in [-0.3, -0.25) is 4.79 Å². The van der Waals surface area contributed by atoms with Crippen molar-refractivity contribution in [3.63, 3.8) is 0 Å². The van der Waals surface area contributed by atoms with E-state index in [1.807, 2.05) is 31.2 Å². The fourth-order valence-corrected chi connectivity index (χ4v) is 2.36. The number of nitrogens with one attached hydrogen (secondary N) is 1. The lowest BCUT2D eigenvalue weighted by Crippen LogP contribution is -2.28. The molecule has 1 amide bonds. The highest BCUT2D eigenvalue weighted by Crippen LogP contribution is 2.21. The van der Waals surface area contributed by atoms with E-state index < -0.39 is 0 Å². The molecule has 0 radical (unpaired) electrons. The Hall–Kier alpha value is -2.75. The minimum Gasteiger partial charge on any atom is -0.497 e. The summed E-state index contributed by atoms with van der Waals surface area (Å²) in [4.78, 5) is 12.4. The molecule has 4 nitrogen and oxygen atoms in total. The maximum Gasteiger partial charge on any atom is 0.251 e. The maximum atomic E-state index is 12.4. The first kappa shape index (κ1) is 17.6. The molecule has 1 atom stereocenters. The second-order valence-corrected chi connectivity index (χ2v) is 5.33. The van der Waals surface area contributed by atoms with Crippen LogP contribution < -0.4 is 14.8 Å². The van der Waals surface area contributed by atoms with E-state index in [9.17, 15) is 4.79 Å². The summed E-state index contributed by atoms with van der Waals surface area (Å²) in [5, 5.41) is 3.06. The van der Waals surface area contributed by atoms with Gasteiger partial charge in [-0.15, -0.1) is 0 Å². The van der Waals surface area contributed by atoms with Crippen LogP contribution in [0.25, 0.3) is 0 Å². The third-order valence-electron chi connectivity index (χ3n) is 3.72. The van der Waals surface area contributed by atoms with Crippen LogP contribution in [0.2, 0.25) is 0 Å². The van der Waals surface area contributed by atoms with Gasteiger partial charge in [0.1, 0.15) is 18.1 Å². The Morgan fingerprint density at radius 3 is 2.29 bits per heavy atom. The zero-order chi connectivity index (χ0) is 17.4. The van der Waals surface area contributed by atoms with Crippen molar-refractivity contribution in [3.8, 4) is 11.5 Å². The first-order chi connectivity index (χ1) is 11.7. The summed E-state index contributed by atoms with van der Waals surface area (Å²) in [7, 11) is 1.64. The van der Waals surface area contributed by atoms with Crippen LogP contribution in [0, 0.1) is 0 Å². The summed E-state index contributed by atoms with van der Waals surface area (Å²) in [6, 6.07) is 14.8. The van der Waals surface area contributed by atoms with Crippen molar-refractivity contribution >= 4 is 5.91 Å². The van der Waals surface area contributed by atoms with Gasteiger partial charge in [0, 0.05) is 5.56 Å². The summed E-state index contributed by atoms with van der Waals surface area (Å²) >= 11 is 0. The molecule has 0 aliphatic heterocycles. The van der Waals surface area contributed by atoms with Crippen molar-refractivity contribution in [3.05, 3.63) is 72.3 Å². The topological polar surface area (TPSA) is 47.6 Å². The van der Waals surface area contributed by atoms with E-state index in [-0.39, 0.29) is 11.9 Å². The van der Waals surface area contributed by atoms with Gasteiger partial charge >= 0.3 is 0 Å². The molecule has 1 N–H and O–H groups in total. The number of hydrogen-bond acceptors (Lipinski definition) is 3. The van der Waals surface area contributed by atoms with Crippen LogP contribution in [0.15, 0.2) is 61.2 Å². The molecule has 0 aliphatic carbocycles. The van der Waals surface area contributed by atoms with Crippen molar-refractivity contribution in [1.29, 1.82) is 0 Å². The lowest BCUT2D eigenvalue weighted by atomic mass is 10.0. The number of ether oxygens (including phenoxy) is 2. The molecule has 0 fully saturated rings. The van der Waals surface area contributed by atoms with E-state index in [2.05, 4.69) is 11.9 Å². The molecule has 0 saturated heterocycles. The number of hydrogen-bond donors (Lipinski definition) is 1. The van der Waals surface area contributed by atoms with Gasteiger partial charge in [-0.2, -0.15) is 0 Å². The molecule has 0 bridgehead atoms. The van der Waals surface area contributed by atoms with E-state index in [0.717, 1.165) is 17.7 Å². The molecule has 0 aliphatic rings. The SMILES string of the molecule is C=CCOc1ccc(C(=O)N[C@@H](CC)c2ccc(OC)cc2)cc1. The highest BCUT2D eigenvalue weighted by Gasteiger charge is 2.14. The highest BCUT2D eigenvalue weighted by molar-refractivity contribution is 5.94. The van der Waals surface area contributed by atoms with Crippen molar-refractivity contribution in [2.75, 3.05) is 13.7 Å². The molecule has 0 unspecified atom stereocenters. The monoisotopic (exact) mass is 325 g/mol. The third kappa shape index (κ3) is 4.62. The molecule has 2 aromatic rings. The Morgan fingerprint density at radius 1 is 1.12 bits per heavy atom. The minimum atomic E-state index is -0.104. The molecule has 0 saturated carbocycles. The number of carbonyl (C=O) groups excluding carboxylic acids is 1. The molecule has 0 heterocycles. The van der Waals surface area contributed by atoms with Crippen LogP contribution in [0.4, 0.5) is 0 Å². The van der Waals surface area contributed by atoms with Gasteiger partial charge in [0.25, 0.3) is 5.91 Å². The van der Waals surface area contributed by atoms with Gasteiger partial charge in [-0.25, -0.2) is 0 Å². The van der Waals surface area contributed by atoms with E-state index in [1.54, 1.807) is 37.5 Å². The predicted molar refractivity (Wildman–Crippen MR) is 95.6 cm³/mol. The summed E-state index contributed by atoms with van der Waals surface area (Å²) < 4.78 is 10.6. The average Bonchev–Trinajstić information content (AvgIpc) is 2.64. The van der Waals surface area contributed by atoms with Crippen molar-refractivity contribution < 1.29 is 14.3 Å². The fourth-order valence-electron chi connectivity index (χ4n) is 2.36. The largest absolute Gasteiger partial charge is 0.497 e. The summed E-state index contributed by atoms with van der Waals surface area (Å²) in [5.74, 6) is 1.41. The smallest absolute Gasteiger partial charge is 0.251 e. The van der Waals surface area contributed by atoms with Gasteiger partial charge in [0.15, 0.2) is 0 Å². The highest BCUT2D eigenvalue weighted by atomic mass is 16.5. The minimum absolute atomic E-state index is 0.0416. The Balaban J connectivity index is 2.03. The zero-order valence-corrected chi connectivity index (χ0v) is 14.1. The summed E-state index contributed by atoms with van der Waals surface area (Å²) in [6.45, 7) is 6.09. The molecular weight excluding hydrogens is 302 g/mol. The van der Waals surface area contributed by atoms with Gasteiger partial charge < -0.3 is 14.8 Å². The van der Waals surface area contributed by atoms with E-state index >= 15 is 0 Å². The van der Waals surface area contributed by atoms with E-state index in [1.165, 1.54) is 0 Å². The number of amides is 1. The van der Waals surface area contributed by atoms with Crippen LogP contribution in [0.3, 0.4) is 0 Å². The van der Waals surface area contributed by atoms with Crippen LogP contribution in [0.1, 0.15) is 35.3 Å². The quantitative estimate of drug-likeness (QED) is 0.742. The first-order valence-electron chi connectivity index (χ1n) is 7.96. The molecule has 126 valence electrons. The lowest BCUT2D eigenvalue weighted by molar-refractivity contribution is 0.0935. The molecule has 4 heteroatoms. The molecular formula is C20H23NO3. The van der Waals surface area contributed by atoms with Crippen molar-refractivity contribution in [2.24, 2.45) is 0 Å². The maximum absolute atomic E-state index is 12.4. The van der Waals surface area contributed by atoms with E-state index in [0.29, 0.717) is 17.9 Å². The van der Waals surface area contributed by atoms with Crippen LogP contribution in [-0.4, -0.2) is 19.6 Å². The van der Waals surface area contributed by atoms with Gasteiger partial charge in [-0.1, -0.05) is 31.7 Å². The van der Waals surface area contributed by atoms with Gasteiger partial charge in [0.05, 0.1) is 13.2 Å². The third-order valence-corrected chi connectivity index (χ3v) is 3.72. The molecule has 0 spiro atoms. The molecule has 2 rings (SSSR count). The fraction of sp³-hybridized carbons (Fsp3) is 0.250. The second-order valence-electron chi connectivity index (χ2n) is 5.33. The Bertz CT molecular complexity index is 662. The lowest BCUT2D eigenvalue weighted by Gasteiger charge is -2.18. The first-order valence-corrected chi connectivity index (χ1v) is 7.96. The molecule has 0 aromatic heterocycles. The number of benzene rings is 2. The van der Waals surface area contributed by atoms with Crippen LogP contribution in [-0.2, 0) is 0 Å². The van der Waals surface area contributed by atoms with Crippen LogP contribution in [0.5, 0.6) is 11.5 Å². The predicted octanol–water partition coefficient (Wildman–Crippen LogP) is 4.14. The molecule has 24 heavy (non-hydrogen) atoms. The normalized spacial score (nSPS) is 11.4. The van der Waals surface area contributed by atoms with Gasteiger partial charge in [-0.05, 0) is 48.4 Å². The number of methoxy groups -OCH3 is 1. The zero-order valence-electron chi connectivity index (χ0n) is 14.1. The Morgan fingerprint density at radius 2 is 1.75 bits per heavy atom. The summed E-state index contributed by atoms with van der Waals surface area (Å²) in [6.07, 6.45) is 2.49. The van der Waals surface area contributed by atoms with Crippen LogP contribution >= 0.6 is 0 Å². The second kappa shape index (κ2) is 8.77. The van der Waals surface area contributed by atoms with Gasteiger partial charge in [0.2, 0.25) is 0 Å². The molecule has 2 aromatic carbocycles. The van der Waals surface area contributed by atoms with Crippen molar-refractivity contribution in [1.82, 2.24) is 5.32 Å².